The lowest BCUT2D eigenvalue weighted by molar-refractivity contribution is -0.0663. The van der Waals surface area contributed by atoms with Gasteiger partial charge in [0.1, 0.15) is 5.75 Å². The van der Waals surface area contributed by atoms with Gasteiger partial charge in [0.25, 0.3) is 5.91 Å². The number of ether oxygens (including phenoxy) is 1. The van der Waals surface area contributed by atoms with Crippen molar-refractivity contribution in [3.8, 4) is 5.75 Å². The van der Waals surface area contributed by atoms with Gasteiger partial charge in [-0.3, -0.25) is 4.79 Å². The number of benzene rings is 1. The number of nitrogens with two attached hydrogens (primary N) is 1. The third-order valence-corrected chi connectivity index (χ3v) is 4.70. The Kier molecular flexibility index (Phi) is 3.54. The van der Waals surface area contributed by atoms with E-state index in [1.54, 1.807) is 19.2 Å². The molecule has 0 atom stereocenters. The fourth-order valence-electron chi connectivity index (χ4n) is 3.53. The second kappa shape index (κ2) is 4.77. The number of rotatable bonds is 3. The molecule has 1 amide bonds. The summed E-state index contributed by atoms with van der Waals surface area (Å²) in [6.07, 6.45) is 0. The summed E-state index contributed by atoms with van der Waals surface area (Å²) in [6, 6.07) is 7.31. The minimum absolute atomic E-state index is 0.0590. The lowest BCUT2D eigenvalue weighted by atomic mass is 9.48. The molecule has 0 aliphatic heterocycles. The molecule has 0 saturated heterocycles. The molecule has 1 saturated carbocycles. The van der Waals surface area contributed by atoms with Crippen LogP contribution in [0.15, 0.2) is 24.3 Å². The smallest absolute Gasteiger partial charge is 0.251 e. The molecule has 1 fully saturated rings. The molecule has 0 radical (unpaired) electrons. The highest BCUT2D eigenvalue weighted by molar-refractivity contribution is 5.95. The quantitative estimate of drug-likeness (QED) is 0.889. The van der Waals surface area contributed by atoms with Crippen LogP contribution in [0.25, 0.3) is 0 Å². The second-order valence-electron chi connectivity index (χ2n) is 6.76. The van der Waals surface area contributed by atoms with Crippen LogP contribution >= 0.6 is 0 Å². The van der Waals surface area contributed by atoms with Crippen molar-refractivity contribution in [2.75, 3.05) is 7.11 Å². The van der Waals surface area contributed by atoms with Gasteiger partial charge in [-0.15, -0.1) is 0 Å². The van der Waals surface area contributed by atoms with E-state index in [1.807, 2.05) is 12.1 Å². The first-order valence-electron chi connectivity index (χ1n) is 6.91. The zero-order valence-corrected chi connectivity index (χ0v) is 12.9. The zero-order chi connectivity index (χ0) is 15.1. The number of carbonyl (C=O) groups excluding carboxylic acids is 1. The maximum Gasteiger partial charge on any atom is 0.251 e. The van der Waals surface area contributed by atoms with Crippen molar-refractivity contribution in [1.82, 2.24) is 5.32 Å². The number of hydrogen-bond donors (Lipinski definition) is 2. The van der Waals surface area contributed by atoms with Crippen LogP contribution in [-0.4, -0.2) is 25.1 Å². The van der Waals surface area contributed by atoms with Crippen molar-refractivity contribution >= 4 is 5.91 Å². The Morgan fingerprint density at radius 3 is 2.40 bits per heavy atom. The molecule has 2 rings (SSSR count). The van der Waals surface area contributed by atoms with Crippen LogP contribution in [0.1, 0.15) is 38.1 Å². The summed E-state index contributed by atoms with van der Waals surface area (Å²) in [5.74, 6) is 0.600. The largest absolute Gasteiger partial charge is 0.497 e. The summed E-state index contributed by atoms with van der Waals surface area (Å²) >= 11 is 0. The molecule has 1 aromatic rings. The summed E-state index contributed by atoms with van der Waals surface area (Å²) in [5.41, 5.74) is 6.62. The fraction of sp³-hybridized carbons (Fsp3) is 0.562. The van der Waals surface area contributed by atoms with Crippen LogP contribution in [0.4, 0.5) is 0 Å². The molecule has 0 aromatic heterocycles. The molecule has 4 heteroatoms. The molecule has 1 aliphatic rings. The summed E-state index contributed by atoms with van der Waals surface area (Å²) < 4.78 is 5.15. The highest BCUT2D eigenvalue weighted by Crippen LogP contribution is 2.52. The van der Waals surface area contributed by atoms with Crippen molar-refractivity contribution in [2.45, 2.75) is 39.8 Å². The average molecular weight is 276 g/mol. The van der Waals surface area contributed by atoms with Gasteiger partial charge in [-0.1, -0.05) is 33.8 Å². The van der Waals surface area contributed by atoms with Gasteiger partial charge < -0.3 is 15.8 Å². The Hall–Kier alpha value is -1.55. The van der Waals surface area contributed by atoms with Crippen molar-refractivity contribution in [3.63, 3.8) is 0 Å². The molecular weight excluding hydrogens is 252 g/mol. The zero-order valence-electron chi connectivity index (χ0n) is 12.9. The second-order valence-corrected chi connectivity index (χ2v) is 6.76. The third-order valence-electron chi connectivity index (χ3n) is 4.70. The lowest BCUT2D eigenvalue weighted by Gasteiger charge is -2.62. The predicted octanol–water partition coefficient (Wildman–Crippen LogP) is 2.19. The fourth-order valence-corrected chi connectivity index (χ4v) is 3.53. The molecular formula is C16H24N2O2. The van der Waals surface area contributed by atoms with Gasteiger partial charge in [0.15, 0.2) is 0 Å². The molecule has 0 unspecified atom stereocenters. The van der Waals surface area contributed by atoms with Gasteiger partial charge in [0.2, 0.25) is 0 Å². The van der Waals surface area contributed by atoms with Crippen LogP contribution in [0.2, 0.25) is 0 Å². The van der Waals surface area contributed by atoms with E-state index in [0.29, 0.717) is 11.3 Å². The number of methoxy groups -OCH3 is 1. The summed E-state index contributed by atoms with van der Waals surface area (Å²) in [7, 11) is 1.59. The number of hydrogen-bond acceptors (Lipinski definition) is 3. The molecule has 1 aliphatic carbocycles. The topological polar surface area (TPSA) is 64.3 Å². The molecule has 0 spiro atoms. The monoisotopic (exact) mass is 276 g/mol. The first-order chi connectivity index (χ1) is 9.21. The lowest BCUT2D eigenvalue weighted by Crippen LogP contribution is -2.76. The van der Waals surface area contributed by atoms with E-state index in [4.69, 9.17) is 10.5 Å². The van der Waals surface area contributed by atoms with Crippen LogP contribution in [0.5, 0.6) is 5.75 Å². The number of amides is 1. The highest BCUT2D eigenvalue weighted by Gasteiger charge is 2.60. The summed E-state index contributed by atoms with van der Waals surface area (Å²) in [5, 5.41) is 3.12. The Morgan fingerprint density at radius 2 is 1.85 bits per heavy atom. The van der Waals surface area contributed by atoms with Crippen LogP contribution in [0, 0.1) is 10.8 Å². The van der Waals surface area contributed by atoms with Gasteiger partial charge in [-0.2, -0.15) is 0 Å². The van der Waals surface area contributed by atoms with E-state index in [-0.39, 0.29) is 28.8 Å². The standard InChI is InChI=1S/C16H24N2O2/c1-15(2)13(17)16(3,4)14(15)18-12(19)10-7-6-8-11(9-10)20-5/h6-9,13-14H,17H2,1-5H3,(H,18,19). The van der Waals surface area contributed by atoms with Crippen LogP contribution < -0.4 is 15.8 Å². The molecule has 20 heavy (non-hydrogen) atoms. The van der Waals surface area contributed by atoms with Gasteiger partial charge in [0, 0.05) is 28.5 Å². The molecule has 3 N–H and O–H groups in total. The first kappa shape index (κ1) is 14.9. The van der Waals surface area contributed by atoms with Crippen molar-refractivity contribution < 1.29 is 9.53 Å². The Labute approximate surface area is 120 Å². The molecule has 110 valence electrons. The van der Waals surface area contributed by atoms with E-state index < -0.39 is 0 Å². The van der Waals surface area contributed by atoms with E-state index in [1.165, 1.54) is 0 Å². The number of carbonyl (C=O) groups is 1. The molecule has 0 bridgehead atoms. The minimum Gasteiger partial charge on any atom is -0.497 e. The van der Waals surface area contributed by atoms with E-state index in [2.05, 4.69) is 33.0 Å². The Bertz CT molecular complexity index is 507. The maximum atomic E-state index is 12.4. The summed E-state index contributed by atoms with van der Waals surface area (Å²) in [4.78, 5) is 12.4. The molecule has 0 heterocycles. The predicted molar refractivity (Wildman–Crippen MR) is 79.8 cm³/mol. The summed E-state index contributed by atoms with van der Waals surface area (Å²) in [6.45, 7) is 8.39. The third kappa shape index (κ3) is 2.18. The van der Waals surface area contributed by atoms with E-state index in [9.17, 15) is 4.79 Å². The first-order valence-corrected chi connectivity index (χ1v) is 6.91. The normalized spacial score (nSPS) is 26.5. The van der Waals surface area contributed by atoms with Gasteiger partial charge in [-0.25, -0.2) is 0 Å². The van der Waals surface area contributed by atoms with Crippen LogP contribution in [-0.2, 0) is 0 Å². The van der Waals surface area contributed by atoms with Crippen LogP contribution in [0.3, 0.4) is 0 Å². The van der Waals surface area contributed by atoms with Gasteiger partial charge in [-0.05, 0) is 18.2 Å². The van der Waals surface area contributed by atoms with Gasteiger partial charge in [0.05, 0.1) is 7.11 Å². The van der Waals surface area contributed by atoms with E-state index >= 15 is 0 Å². The SMILES string of the molecule is COc1cccc(C(=O)NC2C(C)(C)C(N)C2(C)C)c1. The van der Waals surface area contributed by atoms with Crippen molar-refractivity contribution in [1.29, 1.82) is 0 Å². The maximum absolute atomic E-state index is 12.4. The Balaban J connectivity index is 2.16. The highest BCUT2D eigenvalue weighted by atomic mass is 16.5. The Morgan fingerprint density at radius 1 is 1.25 bits per heavy atom. The van der Waals surface area contributed by atoms with Crippen molar-refractivity contribution in [2.24, 2.45) is 16.6 Å². The number of nitrogens with one attached hydrogen (secondary N) is 1. The molecule has 4 nitrogen and oxygen atoms in total. The molecule has 1 aromatic carbocycles. The van der Waals surface area contributed by atoms with Gasteiger partial charge >= 0.3 is 0 Å². The van der Waals surface area contributed by atoms with E-state index in [0.717, 1.165) is 0 Å². The van der Waals surface area contributed by atoms with Crippen molar-refractivity contribution in [3.05, 3.63) is 29.8 Å². The minimum atomic E-state index is -0.0992. The average Bonchev–Trinajstić information content (AvgIpc) is 2.43.